The zero-order valence-corrected chi connectivity index (χ0v) is 19.2. The normalized spacial score (nSPS) is 11.3. The average molecular weight is 427 g/mol. The molecule has 1 amide bonds. The van der Waals surface area contributed by atoms with Crippen LogP contribution in [0.25, 0.3) is 5.69 Å². The molecule has 7 nitrogen and oxygen atoms in total. The van der Waals surface area contributed by atoms with E-state index in [2.05, 4.69) is 39.0 Å². The van der Waals surface area contributed by atoms with Gasteiger partial charge < -0.3 is 9.88 Å². The van der Waals surface area contributed by atoms with E-state index in [1.807, 2.05) is 55.1 Å². The van der Waals surface area contributed by atoms with Gasteiger partial charge in [-0.25, -0.2) is 4.68 Å². The Morgan fingerprint density at radius 3 is 2.50 bits per heavy atom. The summed E-state index contributed by atoms with van der Waals surface area (Å²) in [5.74, 6) is 1.45. The first kappa shape index (κ1) is 22.1. The molecule has 0 aliphatic carbocycles. The third-order valence-electron chi connectivity index (χ3n) is 4.77. The number of aromatic nitrogens is 5. The van der Waals surface area contributed by atoms with E-state index in [1.54, 1.807) is 11.8 Å². The number of thioether (sulfide) groups is 1. The quantitative estimate of drug-likeness (QED) is 0.416. The predicted molar refractivity (Wildman–Crippen MR) is 120 cm³/mol. The third kappa shape index (κ3) is 5.30. The zero-order valence-electron chi connectivity index (χ0n) is 18.3. The first-order chi connectivity index (χ1) is 14.4. The SMILES string of the molecule is CSc1nnc(CCCNC(=O)c2ccc(-n3nc(C)cc3C)cc2)n1CC(C)C. The van der Waals surface area contributed by atoms with Crippen molar-refractivity contribution < 1.29 is 4.79 Å². The van der Waals surface area contributed by atoms with Gasteiger partial charge in [-0.15, -0.1) is 10.2 Å². The Balaban J connectivity index is 1.53. The molecule has 0 bridgehead atoms. The van der Waals surface area contributed by atoms with Gasteiger partial charge >= 0.3 is 0 Å². The van der Waals surface area contributed by atoms with Crippen LogP contribution in [-0.4, -0.2) is 43.3 Å². The largest absolute Gasteiger partial charge is 0.352 e. The van der Waals surface area contributed by atoms with E-state index >= 15 is 0 Å². The van der Waals surface area contributed by atoms with Gasteiger partial charge in [-0.05, 0) is 62.8 Å². The smallest absolute Gasteiger partial charge is 0.251 e. The van der Waals surface area contributed by atoms with E-state index in [9.17, 15) is 4.79 Å². The maximum Gasteiger partial charge on any atom is 0.251 e. The van der Waals surface area contributed by atoms with Crippen molar-refractivity contribution in [3.05, 3.63) is 53.1 Å². The number of rotatable bonds is 9. The van der Waals surface area contributed by atoms with Crippen molar-refractivity contribution in [2.24, 2.45) is 5.92 Å². The van der Waals surface area contributed by atoms with Crippen LogP contribution in [0.15, 0.2) is 35.5 Å². The van der Waals surface area contributed by atoms with Gasteiger partial charge in [-0.3, -0.25) is 4.79 Å². The molecule has 3 rings (SSSR count). The molecule has 0 saturated carbocycles. The van der Waals surface area contributed by atoms with E-state index < -0.39 is 0 Å². The van der Waals surface area contributed by atoms with Crippen LogP contribution in [0.5, 0.6) is 0 Å². The van der Waals surface area contributed by atoms with E-state index in [4.69, 9.17) is 0 Å². The fraction of sp³-hybridized carbons (Fsp3) is 0.455. The van der Waals surface area contributed by atoms with Crippen molar-refractivity contribution in [2.45, 2.75) is 52.2 Å². The summed E-state index contributed by atoms with van der Waals surface area (Å²) in [6, 6.07) is 9.56. The maximum absolute atomic E-state index is 12.5. The Bertz CT molecular complexity index is 990. The van der Waals surface area contributed by atoms with E-state index in [0.29, 0.717) is 18.0 Å². The summed E-state index contributed by atoms with van der Waals surface area (Å²) in [5, 5.41) is 17.0. The number of hydrogen-bond acceptors (Lipinski definition) is 5. The molecule has 0 atom stereocenters. The summed E-state index contributed by atoms with van der Waals surface area (Å²) in [4.78, 5) is 12.5. The van der Waals surface area contributed by atoms with Gasteiger partial charge in [0.1, 0.15) is 5.82 Å². The highest BCUT2D eigenvalue weighted by atomic mass is 32.2. The topological polar surface area (TPSA) is 77.6 Å². The number of carbonyl (C=O) groups excluding carboxylic acids is 1. The lowest BCUT2D eigenvalue weighted by molar-refractivity contribution is 0.0953. The van der Waals surface area contributed by atoms with Crippen LogP contribution in [0, 0.1) is 19.8 Å². The summed E-state index contributed by atoms with van der Waals surface area (Å²) < 4.78 is 4.07. The number of nitrogens with zero attached hydrogens (tertiary/aromatic N) is 5. The van der Waals surface area contributed by atoms with E-state index in [0.717, 1.165) is 47.4 Å². The second kappa shape index (κ2) is 9.93. The minimum Gasteiger partial charge on any atom is -0.352 e. The second-order valence-corrected chi connectivity index (χ2v) is 8.63. The number of aryl methyl sites for hydroxylation is 3. The summed E-state index contributed by atoms with van der Waals surface area (Å²) >= 11 is 1.61. The summed E-state index contributed by atoms with van der Waals surface area (Å²) in [6.07, 6.45) is 3.63. The Labute approximate surface area is 182 Å². The number of benzene rings is 1. The molecule has 2 heterocycles. The third-order valence-corrected chi connectivity index (χ3v) is 5.44. The lowest BCUT2D eigenvalue weighted by Crippen LogP contribution is -2.25. The zero-order chi connectivity index (χ0) is 21.7. The highest BCUT2D eigenvalue weighted by molar-refractivity contribution is 7.98. The standard InChI is InChI=1S/C22H30N6OS/c1-15(2)14-27-20(24-25-22(27)30-5)7-6-12-23-21(29)18-8-10-19(11-9-18)28-17(4)13-16(3)26-28/h8-11,13,15H,6-7,12,14H2,1-5H3,(H,23,29). The molecule has 0 aliphatic rings. The van der Waals surface area contributed by atoms with Crippen LogP contribution < -0.4 is 5.32 Å². The van der Waals surface area contributed by atoms with Crippen molar-refractivity contribution in [3.63, 3.8) is 0 Å². The molecule has 1 N–H and O–H groups in total. The Kier molecular flexibility index (Phi) is 7.31. The number of carbonyl (C=O) groups is 1. The van der Waals surface area contributed by atoms with Crippen molar-refractivity contribution in [3.8, 4) is 5.69 Å². The molecule has 0 aliphatic heterocycles. The lowest BCUT2D eigenvalue weighted by Gasteiger charge is -2.12. The highest BCUT2D eigenvalue weighted by Crippen LogP contribution is 2.17. The molecule has 0 unspecified atom stereocenters. The monoisotopic (exact) mass is 426 g/mol. The summed E-state index contributed by atoms with van der Waals surface area (Å²) in [5.41, 5.74) is 3.64. The van der Waals surface area contributed by atoms with Crippen LogP contribution >= 0.6 is 11.8 Å². The van der Waals surface area contributed by atoms with Crippen molar-refractivity contribution in [1.29, 1.82) is 0 Å². The Morgan fingerprint density at radius 1 is 1.17 bits per heavy atom. The molecule has 8 heteroatoms. The van der Waals surface area contributed by atoms with Gasteiger partial charge in [0, 0.05) is 30.8 Å². The number of amides is 1. The minimum absolute atomic E-state index is 0.0663. The molecule has 0 radical (unpaired) electrons. The molecular formula is C22H30N6OS. The molecular weight excluding hydrogens is 396 g/mol. The average Bonchev–Trinajstić information content (AvgIpc) is 3.26. The molecule has 30 heavy (non-hydrogen) atoms. The van der Waals surface area contributed by atoms with Crippen molar-refractivity contribution in [1.82, 2.24) is 29.9 Å². The molecule has 1 aromatic carbocycles. The fourth-order valence-corrected chi connectivity index (χ4v) is 3.92. The first-order valence-corrected chi connectivity index (χ1v) is 11.5. The van der Waals surface area contributed by atoms with E-state index in [-0.39, 0.29) is 5.91 Å². The molecule has 2 aromatic heterocycles. The van der Waals surface area contributed by atoms with Gasteiger partial charge in [-0.1, -0.05) is 25.6 Å². The molecule has 0 fully saturated rings. The first-order valence-electron chi connectivity index (χ1n) is 10.3. The molecule has 0 saturated heterocycles. The van der Waals surface area contributed by atoms with E-state index in [1.165, 1.54) is 0 Å². The van der Waals surface area contributed by atoms with Crippen LogP contribution in [-0.2, 0) is 13.0 Å². The van der Waals surface area contributed by atoms with Crippen LogP contribution in [0.3, 0.4) is 0 Å². The minimum atomic E-state index is -0.0663. The van der Waals surface area contributed by atoms with Crippen molar-refractivity contribution in [2.75, 3.05) is 12.8 Å². The van der Waals surface area contributed by atoms with Crippen LogP contribution in [0.2, 0.25) is 0 Å². The fourth-order valence-electron chi connectivity index (χ4n) is 3.40. The number of nitrogens with one attached hydrogen (secondary N) is 1. The second-order valence-electron chi connectivity index (χ2n) is 7.85. The van der Waals surface area contributed by atoms with Gasteiger partial charge in [0.25, 0.3) is 5.91 Å². The molecule has 0 spiro atoms. The molecule has 160 valence electrons. The Morgan fingerprint density at radius 2 is 1.90 bits per heavy atom. The van der Waals surface area contributed by atoms with Gasteiger partial charge in [0.15, 0.2) is 5.16 Å². The summed E-state index contributed by atoms with van der Waals surface area (Å²) in [6.45, 7) is 9.87. The highest BCUT2D eigenvalue weighted by Gasteiger charge is 2.13. The predicted octanol–water partition coefficient (Wildman–Crippen LogP) is 3.82. The Hall–Kier alpha value is -2.61. The van der Waals surface area contributed by atoms with Crippen LogP contribution in [0.1, 0.15) is 47.8 Å². The van der Waals surface area contributed by atoms with Gasteiger partial charge in [0.2, 0.25) is 0 Å². The van der Waals surface area contributed by atoms with Crippen molar-refractivity contribution >= 4 is 17.7 Å². The van der Waals surface area contributed by atoms with Gasteiger partial charge in [0.05, 0.1) is 11.4 Å². The molecule has 3 aromatic rings. The number of hydrogen-bond donors (Lipinski definition) is 1. The summed E-state index contributed by atoms with van der Waals surface area (Å²) in [7, 11) is 0. The van der Waals surface area contributed by atoms with Gasteiger partial charge in [-0.2, -0.15) is 5.10 Å². The lowest BCUT2D eigenvalue weighted by atomic mass is 10.2. The maximum atomic E-state index is 12.5. The van der Waals surface area contributed by atoms with Crippen LogP contribution in [0.4, 0.5) is 0 Å².